The zero-order valence-electron chi connectivity index (χ0n) is 21.3. The Labute approximate surface area is 212 Å². The molecule has 1 aliphatic carbocycles. The van der Waals surface area contributed by atoms with Gasteiger partial charge in [-0.25, -0.2) is 19.0 Å². The van der Waals surface area contributed by atoms with Crippen molar-refractivity contribution in [2.75, 3.05) is 25.0 Å². The van der Waals surface area contributed by atoms with Gasteiger partial charge in [-0.1, -0.05) is 25.0 Å². The van der Waals surface area contributed by atoms with Crippen molar-refractivity contribution in [3.8, 4) is 11.1 Å². The highest BCUT2D eigenvalue weighted by Crippen LogP contribution is 2.34. The number of aliphatic carboxylic acids is 2. The minimum Gasteiger partial charge on any atom is -0.478 e. The third-order valence-electron chi connectivity index (χ3n) is 6.99. The van der Waals surface area contributed by atoms with Crippen LogP contribution in [0.4, 0.5) is 10.2 Å². The number of carbonyl (C=O) groups is 2. The largest absolute Gasteiger partial charge is 0.478 e. The molecule has 1 fully saturated rings. The average molecular weight is 498 g/mol. The van der Waals surface area contributed by atoms with Gasteiger partial charge in [0.1, 0.15) is 11.6 Å². The molecule has 8 heteroatoms. The van der Waals surface area contributed by atoms with Gasteiger partial charge in [-0.05, 0) is 81.5 Å². The molecule has 194 valence electrons. The minimum atomic E-state index is -1.26. The van der Waals surface area contributed by atoms with Gasteiger partial charge in [-0.2, -0.15) is 0 Å². The molecule has 1 aliphatic heterocycles. The maximum absolute atomic E-state index is 13.5. The normalized spacial score (nSPS) is 20.6. The Bertz CT molecular complexity index is 1060. The monoisotopic (exact) mass is 497 g/mol. The fourth-order valence-electron chi connectivity index (χ4n) is 4.83. The molecule has 0 amide bonds. The summed E-state index contributed by atoms with van der Waals surface area (Å²) >= 11 is 0. The molecule has 1 saturated heterocycles. The van der Waals surface area contributed by atoms with Crippen molar-refractivity contribution in [2.24, 2.45) is 0 Å². The number of aryl methyl sites for hydroxylation is 1. The maximum Gasteiger partial charge on any atom is 0.328 e. The quantitative estimate of drug-likeness (QED) is 0.587. The highest BCUT2D eigenvalue weighted by atomic mass is 19.1. The van der Waals surface area contributed by atoms with Crippen LogP contribution in [0.3, 0.4) is 0 Å². The Kier molecular flexibility index (Phi) is 9.58. The predicted octanol–water partition coefficient (Wildman–Crippen LogP) is 4.79. The summed E-state index contributed by atoms with van der Waals surface area (Å²) in [4.78, 5) is 29.2. The molecule has 2 N–H and O–H groups in total. The second kappa shape index (κ2) is 12.6. The van der Waals surface area contributed by atoms with Gasteiger partial charge in [0.15, 0.2) is 0 Å². The average Bonchev–Trinajstić information content (AvgIpc) is 2.82. The summed E-state index contributed by atoms with van der Waals surface area (Å²) in [7, 11) is 2.21. The lowest BCUT2D eigenvalue weighted by molar-refractivity contribution is -0.134. The lowest BCUT2D eigenvalue weighted by Crippen LogP contribution is -2.55. The molecule has 1 aromatic heterocycles. The van der Waals surface area contributed by atoms with E-state index < -0.39 is 11.9 Å². The Hall–Kier alpha value is -3.26. The number of carboxylic acids is 2. The molecule has 2 aliphatic rings. The van der Waals surface area contributed by atoms with Gasteiger partial charge < -0.3 is 15.1 Å². The zero-order valence-corrected chi connectivity index (χ0v) is 21.3. The van der Waals surface area contributed by atoms with Crippen LogP contribution < -0.4 is 4.90 Å². The Morgan fingerprint density at radius 3 is 2.06 bits per heavy atom. The second-order valence-corrected chi connectivity index (χ2v) is 9.65. The minimum absolute atomic E-state index is 0.178. The van der Waals surface area contributed by atoms with E-state index in [1.54, 1.807) is 12.1 Å². The Morgan fingerprint density at radius 1 is 0.944 bits per heavy atom. The van der Waals surface area contributed by atoms with Gasteiger partial charge in [0.25, 0.3) is 0 Å². The number of aromatic nitrogens is 1. The fourth-order valence-corrected chi connectivity index (χ4v) is 4.83. The van der Waals surface area contributed by atoms with Gasteiger partial charge in [-0.15, -0.1) is 0 Å². The third-order valence-corrected chi connectivity index (χ3v) is 6.99. The molecule has 2 heterocycles. The molecule has 1 aromatic carbocycles. The van der Waals surface area contributed by atoms with Gasteiger partial charge in [0.2, 0.25) is 0 Å². The summed E-state index contributed by atoms with van der Waals surface area (Å²) < 4.78 is 13.5. The standard InChI is InChI=1S/C24H32FN3.C4H4O4/c1-17-15-28(16-18(2)27(17)3)24-14-22(19-10-12-20(25)13-11-19)21-8-6-4-5-7-9-23(21)26-24;5-3(6)1-2-4(7)8/h10-14,17-18H,4-9,15-16H2,1-3H3;1-2H,(H,5,6)(H,7,8)/b;2-1+/t17-,18+;. The summed E-state index contributed by atoms with van der Waals surface area (Å²) in [5, 5.41) is 15.6. The predicted molar refractivity (Wildman–Crippen MR) is 139 cm³/mol. The molecule has 36 heavy (non-hydrogen) atoms. The Balaban J connectivity index is 0.000000392. The second-order valence-electron chi connectivity index (χ2n) is 9.65. The van der Waals surface area contributed by atoms with Gasteiger partial charge in [0, 0.05) is 43.0 Å². The number of fused-ring (bicyclic) bond motifs is 1. The highest BCUT2D eigenvalue weighted by Gasteiger charge is 2.28. The number of likely N-dealkylation sites (N-methyl/N-ethyl adjacent to an activating group) is 1. The van der Waals surface area contributed by atoms with Gasteiger partial charge in [0.05, 0.1) is 0 Å². The first-order chi connectivity index (χ1) is 17.2. The van der Waals surface area contributed by atoms with Crippen LogP contribution in [0.15, 0.2) is 42.5 Å². The number of nitrogens with zero attached hydrogens (tertiary/aromatic N) is 3. The van der Waals surface area contributed by atoms with Crippen molar-refractivity contribution in [1.82, 2.24) is 9.88 Å². The first kappa shape index (κ1) is 27.3. The van der Waals surface area contributed by atoms with E-state index in [1.807, 2.05) is 12.1 Å². The molecular weight excluding hydrogens is 461 g/mol. The van der Waals surface area contributed by atoms with Crippen LogP contribution in [0.5, 0.6) is 0 Å². The van der Waals surface area contributed by atoms with E-state index >= 15 is 0 Å². The number of halogens is 1. The summed E-state index contributed by atoms with van der Waals surface area (Å²) in [6, 6.07) is 10.3. The van der Waals surface area contributed by atoms with Crippen LogP contribution in [0.1, 0.15) is 50.8 Å². The molecule has 0 saturated carbocycles. The number of piperazine rings is 1. The molecule has 0 spiro atoms. The van der Waals surface area contributed by atoms with Crippen LogP contribution in [-0.2, 0) is 22.4 Å². The molecule has 7 nitrogen and oxygen atoms in total. The topological polar surface area (TPSA) is 94.0 Å². The van der Waals surface area contributed by atoms with E-state index in [0.29, 0.717) is 24.2 Å². The van der Waals surface area contributed by atoms with Crippen molar-refractivity contribution in [2.45, 2.75) is 64.5 Å². The molecule has 4 rings (SSSR count). The van der Waals surface area contributed by atoms with Crippen molar-refractivity contribution in [3.63, 3.8) is 0 Å². The molecule has 2 atom stereocenters. The van der Waals surface area contributed by atoms with Crippen molar-refractivity contribution < 1.29 is 24.2 Å². The third kappa shape index (κ3) is 7.37. The van der Waals surface area contributed by atoms with Crippen LogP contribution >= 0.6 is 0 Å². The maximum atomic E-state index is 13.5. The van der Waals surface area contributed by atoms with Crippen molar-refractivity contribution >= 4 is 17.8 Å². The number of rotatable bonds is 4. The number of anilines is 1. The number of pyridine rings is 1. The van der Waals surface area contributed by atoms with Crippen LogP contribution in [0, 0.1) is 5.82 Å². The van der Waals surface area contributed by atoms with Crippen molar-refractivity contribution in [3.05, 3.63) is 59.6 Å². The number of carboxylic acid groups (broad SMARTS) is 2. The first-order valence-corrected chi connectivity index (χ1v) is 12.5. The van der Waals surface area contributed by atoms with Crippen LogP contribution in [0.25, 0.3) is 11.1 Å². The first-order valence-electron chi connectivity index (χ1n) is 12.5. The molecule has 0 unspecified atom stereocenters. The summed E-state index contributed by atoms with van der Waals surface area (Å²) in [5.41, 5.74) is 5.00. The smallest absolute Gasteiger partial charge is 0.328 e. The summed E-state index contributed by atoms with van der Waals surface area (Å²) in [5.74, 6) is -1.60. The van der Waals surface area contributed by atoms with E-state index in [-0.39, 0.29) is 5.82 Å². The SMILES string of the molecule is C[C@@H]1CN(c2cc(-c3ccc(F)cc3)c3c(n2)CCCCCC3)C[C@H](C)N1C.O=C(O)/C=C/C(=O)O. The van der Waals surface area contributed by atoms with Crippen LogP contribution in [-0.4, -0.2) is 64.3 Å². The van der Waals surface area contributed by atoms with E-state index in [2.05, 4.69) is 36.8 Å². The molecule has 2 aromatic rings. The summed E-state index contributed by atoms with van der Waals surface area (Å²) in [6.07, 6.45) is 8.25. The lowest BCUT2D eigenvalue weighted by atomic mass is 9.90. The number of hydrogen-bond donors (Lipinski definition) is 2. The highest BCUT2D eigenvalue weighted by molar-refractivity contribution is 5.89. The van der Waals surface area contributed by atoms with E-state index in [9.17, 15) is 14.0 Å². The number of hydrogen-bond acceptors (Lipinski definition) is 5. The van der Waals surface area contributed by atoms with E-state index in [1.165, 1.54) is 42.5 Å². The van der Waals surface area contributed by atoms with E-state index in [0.717, 1.165) is 37.3 Å². The van der Waals surface area contributed by atoms with Gasteiger partial charge in [-0.3, -0.25) is 4.90 Å². The lowest BCUT2D eigenvalue weighted by Gasteiger charge is -2.43. The van der Waals surface area contributed by atoms with E-state index in [4.69, 9.17) is 15.2 Å². The summed E-state index contributed by atoms with van der Waals surface area (Å²) in [6.45, 7) is 6.57. The Morgan fingerprint density at radius 2 is 1.50 bits per heavy atom. The van der Waals surface area contributed by atoms with Crippen LogP contribution in [0.2, 0.25) is 0 Å². The molecular formula is C28H36FN3O4. The van der Waals surface area contributed by atoms with Gasteiger partial charge >= 0.3 is 11.9 Å². The molecule has 0 radical (unpaired) electrons. The molecule has 0 bridgehead atoms. The number of benzene rings is 1. The zero-order chi connectivity index (χ0) is 26.2. The fraction of sp³-hybridized carbons (Fsp3) is 0.464. The van der Waals surface area contributed by atoms with Crippen molar-refractivity contribution in [1.29, 1.82) is 0 Å².